The Labute approximate surface area is 162 Å². The van der Waals surface area contributed by atoms with Crippen LogP contribution in [0.3, 0.4) is 0 Å². The van der Waals surface area contributed by atoms with Gasteiger partial charge in [0.25, 0.3) is 0 Å². The molecule has 1 aliphatic heterocycles. The standard InChI is InChI=1S/C18H19Cl2N3OS/c1-12(9-13-5-3-2-4-6-13)21-18(24)22-25-23-8-7-14-10-15(19)11-16(20)17(14)23/h2-6,10-12H,7-9H2,1H3,(H2,21,22,24). The van der Waals surface area contributed by atoms with Crippen LogP contribution in [0.2, 0.25) is 10.0 Å². The summed E-state index contributed by atoms with van der Waals surface area (Å²) in [4.78, 5) is 12.1. The van der Waals surface area contributed by atoms with Gasteiger partial charge in [-0.1, -0.05) is 53.5 Å². The molecule has 7 heteroatoms. The van der Waals surface area contributed by atoms with Crippen molar-refractivity contribution in [2.75, 3.05) is 10.8 Å². The first kappa shape index (κ1) is 18.2. The van der Waals surface area contributed by atoms with Crippen molar-refractivity contribution in [2.45, 2.75) is 25.8 Å². The number of nitrogens with one attached hydrogen (secondary N) is 2. The number of urea groups is 1. The third kappa shape index (κ3) is 4.75. The van der Waals surface area contributed by atoms with Gasteiger partial charge in [0.05, 0.1) is 22.8 Å². The normalized spacial score (nSPS) is 14.1. The van der Waals surface area contributed by atoms with Gasteiger partial charge in [0.1, 0.15) is 0 Å². The van der Waals surface area contributed by atoms with Crippen LogP contribution in [0.1, 0.15) is 18.1 Å². The molecular weight excluding hydrogens is 377 g/mol. The van der Waals surface area contributed by atoms with Crippen molar-refractivity contribution in [3.05, 3.63) is 63.6 Å². The molecule has 0 aromatic heterocycles. The van der Waals surface area contributed by atoms with Crippen LogP contribution < -0.4 is 14.3 Å². The van der Waals surface area contributed by atoms with E-state index >= 15 is 0 Å². The summed E-state index contributed by atoms with van der Waals surface area (Å²) in [7, 11) is 0. The quantitative estimate of drug-likeness (QED) is 0.711. The number of carbonyl (C=O) groups excluding carboxylic acids is 1. The predicted octanol–water partition coefficient (Wildman–Crippen LogP) is 4.85. The van der Waals surface area contributed by atoms with Gasteiger partial charge < -0.3 is 5.32 Å². The number of fused-ring (bicyclic) bond motifs is 1. The zero-order valence-corrected chi connectivity index (χ0v) is 16.1. The second kappa shape index (κ2) is 8.21. The molecule has 0 fully saturated rings. The minimum Gasteiger partial charge on any atom is -0.335 e. The van der Waals surface area contributed by atoms with E-state index in [0.717, 1.165) is 30.6 Å². The lowest BCUT2D eigenvalue weighted by Gasteiger charge is -2.20. The first-order valence-corrected chi connectivity index (χ1v) is 9.58. The maximum atomic E-state index is 12.1. The van der Waals surface area contributed by atoms with Crippen LogP contribution in [0.5, 0.6) is 0 Å². The highest BCUT2D eigenvalue weighted by Crippen LogP contribution is 2.40. The molecule has 0 spiro atoms. The van der Waals surface area contributed by atoms with Crippen LogP contribution in [0.15, 0.2) is 42.5 Å². The van der Waals surface area contributed by atoms with Crippen molar-refractivity contribution in [1.29, 1.82) is 0 Å². The highest BCUT2D eigenvalue weighted by atomic mass is 35.5. The second-order valence-corrected chi connectivity index (χ2v) is 7.68. The molecular formula is C18H19Cl2N3OS. The molecule has 4 nitrogen and oxygen atoms in total. The van der Waals surface area contributed by atoms with Gasteiger partial charge in [-0.05, 0) is 43.0 Å². The van der Waals surface area contributed by atoms with Gasteiger partial charge in [0, 0.05) is 17.6 Å². The van der Waals surface area contributed by atoms with Gasteiger partial charge in [-0.2, -0.15) is 0 Å². The first-order chi connectivity index (χ1) is 12.0. The van der Waals surface area contributed by atoms with Crippen LogP contribution in [0.4, 0.5) is 10.5 Å². The average Bonchev–Trinajstić information content (AvgIpc) is 2.97. The number of amides is 2. The van der Waals surface area contributed by atoms with E-state index in [1.54, 1.807) is 6.07 Å². The van der Waals surface area contributed by atoms with Crippen LogP contribution in [0, 0.1) is 0 Å². The molecule has 2 amide bonds. The van der Waals surface area contributed by atoms with Crippen LogP contribution in [-0.2, 0) is 12.8 Å². The van der Waals surface area contributed by atoms with E-state index in [1.807, 2.05) is 35.5 Å². The monoisotopic (exact) mass is 395 g/mol. The van der Waals surface area contributed by atoms with Crippen molar-refractivity contribution in [3.8, 4) is 0 Å². The fourth-order valence-electron chi connectivity index (χ4n) is 2.88. The lowest BCUT2D eigenvalue weighted by atomic mass is 10.1. The van der Waals surface area contributed by atoms with Crippen molar-refractivity contribution in [1.82, 2.24) is 10.0 Å². The van der Waals surface area contributed by atoms with E-state index in [4.69, 9.17) is 23.2 Å². The summed E-state index contributed by atoms with van der Waals surface area (Å²) in [6, 6.07) is 13.6. The topological polar surface area (TPSA) is 44.4 Å². The Balaban J connectivity index is 1.51. The Hall–Kier alpha value is -1.56. The predicted molar refractivity (Wildman–Crippen MR) is 106 cm³/mol. The molecule has 0 saturated heterocycles. The molecule has 3 rings (SSSR count). The summed E-state index contributed by atoms with van der Waals surface area (Å²) < 4.78 is 4.81. The number of hydrogen-bond donors (Lipinski definition) is 2. The van der Waals surface area contributed by atoms with Gasteiger partial charge in [0.15, 0.2) is 0 Å². The molecule has 0 aliphatic carbocycles. The third-order valence-electron chi connectivity index (χ3n) is 3.95. The zero-order chi connectivity index (χ0) is 17.8. The summed E-state index contributed by atoms with van der Waals surface area (Å²) in [6.07, 6.45) is 1.64. The number of anilines is 1. The average molecular weight is 396 g/mol. The summed E-state index contributed by atoms with van der Waals surface area (Å²) >= 11 is 13.6. The Bertz CT molecular complexity index is 757. The number of nitrogens with zero attached hydrogens (tertiary/aromatic N) is 1. The minimum atomic E-state index is -0.216. The summed E-state index contributed by atoms with van der Waals surface area (Å²) in [5.74, 6) is 0. The van der Waals surface area contributed by atoms with Crippen LogP contribution in [0.25, 0.3) is 0 Å². The molecule has 1 heterocycles. The molecule has 1 aliphatic rings. The number of hydrogen-bond acceptors (Lipinski definition) is 3. The second-order valence-electron chi connectivity index (χ2n) is 6.01. The van der Waals surface area contributed by atoms with Gasteiger partial charge in [0.2, 0.25) is 0 Å². The van der Waals surface area contributed by atoms with Crippen molar-refractivity contribution >= 4 is 47.1 Å². The van der Waals surface area contributed by atoms with Gasteiger partial charge in [-0.15, -0.1) is 0 Å². The zero-order valence-electron chi connectivity index (χ0n) is 13.8. The highest BCUT2D eigenvalue weighted by molar-refractivity contribution is 7.99. The largest absolute Gasteiger partial charge is 0.335 e. The SMILES string of the molecule is CC(Cc1ccccc1)NC(=O)NSN1CCc2cc(Cl)cc(Cl)c21. The molecule has 1 atom stereocenters. The summed E-state index contributed by atoms with van der Waals surface area (Å²) in [6.45, 7) is 2.77. The highest BCUT2D eigenvalue weighted by Gasteiger charge is 2.24. The molecule has 132 valence electrons. The van der Waals surface area contributed by atoms with Gasteiger partial charge >= 0.3 is 6.03 Å². The Morgan fingerprint density at radius 1 is 1.28 bits per heavy atom. The van der Waals surface area contributed by atoms with E-state index in [-0.39, 0.29) is 12.1 Å². The van der Waals surface area contributed by atoms with Gasteiger partial charge in [-0.3, -0.25) is 9.03 Å². The molecule has 0 radical (unpaired) electrons. The van der Waals surface area contributed by atoms with Crippen LogP contribution >= 0.6 is 35.3 Å². The minimum absolute atomic E-state index is 0.0382. The fourth-order valence-corrected chi connectivity index (χ4v) is 4.31. The maximum Gasteiger partial charge on any atom is 0.326 e. The van der Waals surface area contributed by atoms with Crippen molar-refractivity contribution in [3.63, 3.8) is 0 Å². The van der Waals surface area contributed by atoms with E-state index in [9.17, 15) is 4.79 Å². The molecule has 0 saturated carbocycles. The number of rotatable bonds is 5. The molecule has 25 heavy (non-hydrogen) atoms. The summed E-state index contributed by atoms with van der Waals surface area (Å²) in [5.41, 5.74) is 3.22. The van der Waals surface area contributed by atoms with Crippen molar-refractivity contribution in [2.24, 2.45) is 0 Å². The van der Waals surface area contributed by atoms with E-state index in [1.165, 1.54) is 17.7 Å². The van der Waals surface area contributed by atoms with Crippen LogP contribution in [-0.4, -0.2) is 18.6 Å². The fraction of sp³-hybridized carbons (Fsp3) is 0.278. The van der Waals surface area contributed by atoms with Crippen molar-refractivity contribution < 1.29 is 4.79 Å². The smallest absolute Gasteiger partial charge is 0.326 e. The Kier molecular flexibility index (Phi) is 5.99. The molecule has 0 bridgehead atoms. The number of halogens is 2. The molecule has 2 N–H and O–H groups in total. The third-order valence-corrected chi connectivity index (χ3v) is 5.32. The lowest BCUT2D eigenvalue weighted by molar-refractivity contribution is 0.243. The summed E-state index contributed by atoms with van der Waals surface area (Å²) in [5, 5.41) is 4.19. The number of carbonyl (C=O) groups is 1. The number of benzene rings is 2. The Morgan fingerprint density at radius 2 is 2.04 bits per heavy atom. The van der Waals surface area contributed by atoms with E-state index in [0.29, 0.717) is 10.0 Å². The molecule has 1 unspecified atom stereocenters. The maximum absolute atomic E-state index is 12.1. The van der Waals surface area contributed by atoms with E-state index < -0.39 is 0 Å². The molecule has 2 aromatic carbocycles. The van der Waals surface area contributed by atoms with Gasteiger partial charge in [-0.25, -0.2) is 4.79 Å². The first-order valence-electron chi connectivity index (χ1n) is 8.06. The molecule has 2 aromatic rings. The Morgan fingerprint density at radius 3 is 2.80 bits per heavy atom. The van der Waals surface area contributed by atoms with E-state index in [2.05, 4.69) is 22.2 Å². The lowest BCUT2D eigenvalue weighted by Crippen LogP contribution is -2.40.